The van der Waals surface area contributed by atoms with Gasteiger partial charge in [0.05, 0.1) is 13.1 Å². The number of hydrogen-bond acceptors (Lipinski definition) is 9. The average molecular weight is 612 g/mol. The molecule has 0 spiro atoms. The number of amides is 5. The Morgan fingerprint density at radius 2 is 1.86 bits per heavy atom. The molecule has 44 heavy (non-hydrogen) atoms. The first kappa shape index (κ1) is 32.4. The zero-order valence-electron chi connectivity index (χ0n) is 25.3. The molecule has 3 aliphatic heterocycles. The Kier molecular flexibility index (Phi) is 11.2. The molecule has 0 aliphatic carbocycles. The van der Waals surface area contributed by atoms with Gasteiger partial charge in [-0.2, -0.15) is 0 Å². The Hall–Kier alpha value is -4.56. The molecular formula is C29H41N9O6. The maximum absolute atomic E-state index is 13.6. The Labute approximate surface area is 255 Å². The molecule has 1 fully saturated rings. The summed E-state index contributed by atoms with van der Waals surface area (Å²) in [5, 5.41) is 22.0. The van der Waals surface area contributed by atoms with Crippen molar-refractivity contribution in [3.63, 3.8) is 0 Å². The van der Waals surface area contributed by atoms with Crippen molar-refractivity contribution >= 4 is 29.5 Å². The van der Waals surface area contributed by atoms with Crippen LogP contribution in [0.2, 0.25) is 0 Å². The molecule has 0 saturated carbocycles. The minimum absolute atomic E-state index is 0.0324. The standard InChI is InChI=1S/C29H41N9O6/c1-18(2)15-23-29(43)38-12-4-5-24(38)28(42)30-11-14-44-21-8-6-20(7-9-21)16-22(27(41)32-19(3)26(40)34-23)33-25(39)10-13-37-17-31-35-36-37/h6-9,17-19,22-24H,4-5,10-16H2,1-3H3,(H,30,42)(H,32,41)(H,33,39)(H,34,40)/t19-,22+,23+,24-/m1/s1. The summed E-state index contributed by atoms with van der Waals surface area (Å²) in [6.07, 6.45) is 3.13. The van der Waals surface area contributed by atoms with E-state index in [2.05, 4.69) is 36.8 Å². The molecule has 4 atom stereocenters. The van der Waals surface area contributed by atoms with E-state index in [4.69, 9.17) is 4.74 Å². The van der Waals surface area contributed by atoms with Crippen molar-refractivity contribution in [1.82, 2.24) is 46.4 Å². The number of aromatic nitrogens is 4. The van der Waals surface area contributed by atoms with Crippen LogP contribution in [0.1, 0.15) is 52.0 Å². The lowest BCUT2D eigenvalue weighted by molar-refractivity contribution is -0.142. The number of tetrazole rings is 1. The van der Waals surface area contributed by atoms with Gasteiger partial charge in [0.15, 0.2) is 0 Å². The summed E-state index contributed by atoms with van der Waals surface area (Å²) in [6, 6.07) is 3.55. The van der Waals surface area contributed by atoms with Crippen LogP contribution in [0.4, 0.5) is 0 Å². The van der Waals surface area contributed by atoms with Crippen LogP contribution in [0, 0.1) is 5.92 Å². The molecule has 0 radical (unpaired) electrons. The van der Waals surface area contributed by atoms with Crippen molar-refractivity contribution in [3.05, 3.63) is 36.2 Å². The van der Waals surface area contributed by atoms with Crippen molar-refractivity contribution in [3.8, 4) is 5.75 Å². The van der Waals surface area contributed by atoms with Gasteiger partial charge in [0.2, 0.25) is 29.5 Å². The first-order valence-corrected chi connectivity index (χ1v) is 15.0. The van der Waals surface area contributed by atoms with Crippen LogP contribution < -0.4 is 26.0 Å². The number of ether oxygens (including phenoxy) is 1. The summed E-state index contributed by atoms with van der Waals surface area (Å²) in [5.74, 6) is -1.43. The van der Waals surface area contributed by atoms with Gasteiger partial charge < -0.3 is 30.9 Å². The maximum Gasteiger partial charge on any atom is 0.245 e. The fourth-order valence-corrected chi connectivity index (χ4v) is 5.27. The molecule has 5 amide bonds. The molecule has 1 saturated heterocycles. The first-order chi connectivity index (χ1) is 21.1. The van der Waals surface area contributed by atoms with Crippen LogP contribution in [0.15, 0.2) is 30.6 Å². The highest BCUT2D eigenvalue weighted by molar-refractivity contribution is 5.95. The predicted octanol–water partition coefficient (Wildman–Crippen LogP) is -0.674. The summed E-state index contributed by atoms with van der Waals surface area (Å²) in [5.41, 5.74) is 0.752. The van der Waals surface area contributed by atoms with Gasteiger partial charge >= 0.3 is 0 Å². The number of aryl methyl sites for hydroxylation is 1. The highest BCUT2D eigenvalue weighted by Gasteiger charge is 2.38. The number of nitrogens with one attached hydrogen (secondary N) is 4. The zero-order chi connectivity index (χ0) is 31.6. The fraction of sp³-hybridized carbons (Fsp3) is 0.586. The normalized spacial score (nSPS) is 23.8. The third-order valence-electron chi connectivity index (χ3n) is 7.56. The number of carbonyl (C=O) groups excluding carboxylic acids is 5. The van der Waals surface area contributed by atoms with Gasteiger partial charge in [0.25, 0.3) is 0 Å². The van der Waals surface area contributed by atoms with Gasteiger partial charge in [-0.25, -0.2) is 4.68 Å². The van der Waals surface area contributed by atoms with Crippen LogP contribution in [0.5, 0.6) is 5.75 Å². The average Bonchev–Trinajstić information content (AvgIpc) is 3.70. The summed E-state index contributed by atoms with van der Waals surface area (Å²) in [6.45, 7) is 6.50. The van der Waals surface area contributed by atoms with E-state index in [-0.39, 0.29) is 50.3 Å². The largest absolute Gasteiger partial charge is 0.492 e. The molecular weight excluding hydrogens is 570 g/mol. The summed E-state index contributed by atoms with van der Waals surface area (Å²) < 4.78 is 7.18. The number of rotatable bonds is 6. The number of carbonyl (C=O) groups is 5. The maximum atomic E-state index is 13.6. The summed E-state index contributed by atoms with van der Waals surface area (Å²) >= 11 is 0. The highest BCUT2D eigenvalue weighted by atomic mass is 16.5. The lowest BCUT2D eigenvalue weighted by Gasteiger charge is -2.30. The van der Waals surface area contributed by atoms with E-state index < -0.39 is 41.9 Å². The van der Waals surface area contributed by atoms with Crippen LogP contribution >= 0.6 is 0 Å². The number of hydrogen-bond donors (Lipinski definition) is 4. The molecule has 4 N–H and O–H groups in total. The van der Waals surface area contributed by atoms with E-state index in [9.17, 15) is 24.0 Å². The Morgan fingerprint density at radius 1 is 1.09 bits per heavy atom. The van der Waals surface area contributed by atoms with Crippen molar-refractivity contribution in [2.75, 3.05) is 19.7 Å². The quantitative estimate of drug-likeness (QED) is 0.328. The molecule has 1 aromatic carbocycles. The van der Waals surface area contributed by atoms with E-state index in [1.807, 2.05) is 13.8 Å². The molecule has 238 valence electrons. The number of fused-ring (bicyclic) bond motifs is 14. The third-order valence-corrected chi connectivity index (χ3v) is 7.56. The van der Waals surface area contributed by atoms with Crippen LogP contribution in [-0.4, -0.2) is 98.5 Å². The first-order valence-electron chi connectivity index (χ1n) is 15.0. The Morgan fingerprint density at radius 3 is 2.57 bits per heavy atom. The minimum atomic E-state index is -1.01. The van der Waals surface area contributed by atoms with E-state index in [1.165, 1.54) is 22.8 Å². The van der Waals surface area contributed by atoms with Crippen LogP contribution in [0.3, 0.4) is 0 Å². The van der Waals surface area contributed by atoms with Crippen LogP contribution in [0.25, 0.3) is 0 Å². The Bertz CT molecular complexity index is 1300. The third kappa shape index (κ3) is 8.97. The molecule has 1 aromatic heterocycles. The van der Waals surface area contributed by atoms with Gasteiger partial charge in [-0.3, -0.25) is 24.0 Å². The Balaban J connectivity index is 1.54. The molecule has 3 aliphatic rings. The van der Waals surface area contributed by atoms with Crippen molar-refractivity contribution in [1.29, 1.82) is 0 Å². The second kappa shape index (κ2) is 15.3. The van der Waals surface area contributed by atoms with Gasteiger partial charge in [-0.15, -0.1) is 5.10 Å². The van der Waals surface area contributed by atoms with E-state index >= 15 is 0 Å². The van der Waals surface area contributed by atoms with E-state index in [0.717, 1.165) is 5.56 Å². The summed E-state index contributed by atoms with van der Waals surface area (Å²) in [7, 11) is 0. The molecule has 0 unspecified atom stereocenters. The van der Waals surface area contributed by atoms with Gasteiger partial charge in [0.1, 0.15) is 42.9 Å². The van der Waals surface area contributed by atoms with Crippen molar-refractivity contribution in [2.45, 2.75) is 83.6 Å². The lowest BCUT2D eigenvalue weighted by atomic mass is 10.0. The molecule has 2 bridgehead atoms. The lowest BCUT2D eigenvalue weighted by Crippen LogP contribution is -2.58. The topological polar surface area (TPSA) is 190 Å². The molecule has 15 heteroatoms. The summed E-state index contributed by atoms with van der Waals surface area (Å²) in [4.78, 5) is 67.7. The van der Waals surface area contributed by atoms with E-state index in [1.54, 1.807) is 24.3 Å². The van der Waals surface area contributed by atoms with Crippen LogP contribution in [-0.2, 0) is 36.9 Å². The predicted molar refractivity (Wildman–Crippen MR) is 157 cm³/mol. The molecule has 15 nitrogen and oxygen atoms in total. The van der Waals surface area contributed by atoms with Crippen molar-refractivity contribution in [2.24, 2.45) is 5.92 Å². The van der Waals surface area contributed by atoms with Gasteiger partial charge in [-0.05, 0) is 60.2 Å². The zero-order valence-corrected chi connectivity index (χ0v) is 25.3. The minimum Gasteiger partial charge on any atom is -0.492 e. The van der Waals surface area contributed by atoms with Gasteiger partial charge in [-0.1, -0.05) is 26.0 Å². The molecule has 2 aromatic rings. The molecule has 4 heterocycles. The monoisotopic (exact) mass is 611 g/mol. The van der Waals surface area contributed by atoms with E-state index in [0.29, 0.717) is 31.6 Å². The van der Waals surface area contributed by atoms with Gasteiger partial charge in [0, 0.05) is 19.4 Å². The van der Waals surface area contributed by atoms with Crippen molar-refractivity contribution < 1.29 is 28.7 Å². The number of nitrogens with zero attached hydrogens (tertiary/aromatic N) is 5. The fourth-order valence-electron chi connectivity index (χ4n) is 5.27. The number of benzene rings is 1. The SMILES string of the molecule is CC(C)C[C@@H]1NC(=O)[C@@H](C)NC(=O)[C@@H](NC(=O)CCn2cnnn2)Cc2ccc(cc2)OCCNC(=O)[C@H]2CCCN2C1=O. The highest BCUT2D eigenvalue weighted by Crippen LogP contribution is 2.21. The second-order valence-electron chi connectivity index (χ2n) is 11.5. The second-order valence-corrected chi connectivity index (χ2v) is 11.5. The molecule has 5 rings (SSSR count). The smallest absolute Gasteiger partial charge is 0.245 e.